The first-order chi connectivity index (χ1) is 53.7. The Balaban J connectivity index is 0.676. The van der Waals surface area contributed by atoms with Crippen molar-refractivity contribution in [3.63, 3.8) is 0 Å². The quantitative estimate of drug-likeness (QED) is 0.126. The lowest BCUT2D eigenvalue weighted by molar-refractivity contribution is 0.590. The molecule has 6 heterocycles. The Kier molecular flexibility index (Phi) is 14.0. The van der Waals surface area contributed by atoms with Gasteiger partial charge in [-0.2, -0.15) is 0 Å². The third-order valence-corrected chi connectivity index (χ3v) is 23.2. The average molecular weight is 1390 g/mol. The number of hydrogen-bond acceptors (Lipinski definition) is 7. The van der Waals surface area contributed by atoms with Crippen molar-refractivity contribution >= 4 is 175 Å². The van der Waals surface area contributed by atoms with Gasteiger partial charge in [0.1, 0.15) is 22.3 Å². The van der Waals surface area contributed by atoms with Gasteiger partial charge in [-0.25, -0.2) is 0 Å². The highest BCUT2D eigenvalue weighted by molar-refractivity contribution is 7.01. The lowest BCUT2D eigenvalue weighted by Gasteiger charge is -2.44. The van der Waals surface area contributed by atoms with Crippen LogP contribution in [0.1, 0.15) is 26.3 Å². The van der Waals surface area contributed by atoms with Crippen LogP contribution in [0.4, 0.5) is 85.3 Å². The highest BCUT2D eigenvalue weighted by Crippen LogP contribution is 2.52. The van der Waals surface area contributed by atoms with Crippen LogP contribution in [0.5, 0.6) is 0 Å². The topological polar surface area (TPSA) is 42.5 Å². The van der Waals surface area contributed by atoms with E-state index in [1.165, 1.54) is 49.5 Å². The van der Waals surface area contributed by atoms with Crippen molar-refractivity contribution in [3.8, 4) is 33.4 Å². The van der Waals surface area contributed by atoms with Crippen molar-refractivity contribution in [1.29, 1.82) is 0 Å². The molecule has 0 fully saturated rings. The molecular formula is C100H69B2N5O2. The molecule has 0 amide bonds. The Morgan fingerprint density at radius 2 is 0.688 bits per heavy atom. The van der Waals surface area contributed by atoms with Crippen molar-refractivity contribution < 1.29 is 8.83 Å². The first-order valence-corrected chi connectivity index (χ1v) is 37.8. The number of nitrogens with zero attached hydrogens (tertiary/aromatic N) is 5. The molecular weight excluding hydrogens is 1320 g/mol. The summed E-state index contributed by atoms with van der Waals surface area (Å²) in [7, 11) is 0. The van der Waals surface area contributed by atoms with Crippen LogP contribution in [-0.4, -0.2) is 13.4 Å². The maximum absolute atomic E-state index is 7.23. The summed E-state index contributed by atoms with van der Waals surface area (Å²) >= 11 is 0. The Morgan fingerprint density at radius 3 is 1.32 bits per heavy atom. The Bertz CT molecular complexity index is 6650. The highest BCUT2D eigenvalue weighted by Gasteiger charge is 2.46. The fourth-order valence-corrected chi connectivity index (χ4v) is 18.3. The van der Waals surface area contributed by atoms with E-state index in [-0.39, 0.29) is 18.8 Å². The molecule has 0 aliphatic carbocycles. The molecule has 0 N–H and O–H groups in total. The van der Waals surface area contributed by atoms with E-state index >= 15 is 0 Å². The number of furan rings is 2. The molecule has 0 spiro atoms. The molecule has 0 atom stereocenters. The van der Waals surface area contributed by atoms with E-state index < -0.39 is 0 Å². The van der Waals surface area contributed by atoms with Gasteiger partial charge in [0, 0.05) is 90.3 Å². The van der Waals surface area contributed by atoms with Gasteiger partial charge < -0.3 is 33.3 Å². The van der Waals surface area contributed by atoms with E-state index in [1.807, 2.05) is 6.07 Å². The minimum absolute atomic E-state index is 0.0195. The molecule has 109 heavy (non-hydrogen) atoms. The van der Waals surface area contributed by atoms with Gasteiger partial charge >= 0.3 is 0 Å². The lowest BCUT2D eigenvalue weighted by Crippen LogP contribution is -2.61. The number of para-hydroxylation sites is 6. The minimum Gasteiger partial charge on any atom is -0.456 e. The van der Waals surface area contributed by atoms with Gasteiger partial charge in [0.2, 0.25) is 0 Å². The Labute approximate surface area is 633 Å². The second kappa shape index (κ2) is 24.4. The van der Waals surface area contributed by atoms with Crippen molar-refractivity contribution in [1.82, 2.24) is 0 Å². The summed E-state index contributed by atoms with van der Waals surface area (Å²) in [6.45, 7) is 6.73. The summed E-state index contributed by atoms with van der Waals surface area (Å²) in [5.41, 5.74) is 35.7. The van der Waals surface area contributed by atoms with E-state index in [9.17, 15) is 0 Å². The molecule has 0 unspecified atom stereocenters. The molecule has 22 rings (SSSR count). The lowest BCUT2D eigenvalue weighted by atomic mass is 9.33. The second-order valence-corrected chi connectivity index (χ2v) is 30.2. The van der Waals surface area contributed by atoms with E-state index in [0.717, 1.165) is 151 Å². The number of hydrogen-bond donors (Lipinski definition) is 0. The Hall–Kier alpha value is -13.8. The summed E-state index contributed by atoms with van der Waals surface area (Å²) in [5, 5.41) is 4.32. The van der Waals surface area contributed by atoms with Crippen LogP contribution in [0, 0.1) is 0 Å². The summed E-state index contributed by atoms with van der Waals surface area (Å²) in [5.74, 6) is 0. The van der Waals surface area contributed by atoms with Gasteiger partial charge in [0.25, 0.3) is 13.4 Å². The molecule has 2 aromatic heterocycles. The standard InChI is InChI=1S/C100H69B2N5O2/c1-100(2,3)69-53-57-73(58-54-69)105-88-40-20-39-87-97(88)102(80-60-59-74(63-91(80)105)103(70-26-9-5-10-27-70)71-28-11-6-12-29-71)81-62-68(52-61-84(81)104(87)72-55-50-65(51-56-72)64-24-7-4-8-25-64)66-46-48-67(49-47-66)75-31-19-32-77-96-86(38-23-45-94(96)109-99(75)77)107-83-36-17-15-34-79(83)101-78-33-14-16-35-82(78)106(89-41-21-42-90(107)98(89)101)85-37-22-44-93-95(85)76-30-13-18-43-92(76)108-93/h4-63H,1-3H3. The van der Waals surface area contributed by atoms with Gasteiger partial charge in [-0.05, 0) is 205 Å². The second-order valence-electron chi connectivity index (χ2n) is 30.2. The fraction of sp³-hybridized carbons (Fsp3) is 0.0400. The maximum atomic E-state index is 7.23. The first-order valence-electron chi connectivity index (χ1n) is 37.8. The summed E-state index contributed by atoms with van der Waals surface area (Å²) < 4.78 is 13.8. The molecule has 0 saturated carbocycles. The van der Waals surface area contributed by atoms with E-state index in [4.69, 9.17) is 8.83 Å². The van der Waals surface area contributed by atoms with Crippen LogP contribution < -0.4 is 57.3 Å². The van der Waals surface area contributed by atoms with Crippen molar-refractivity contribution in [2.24, 2.45) is 0 Å². The predicted molar refractivity (Wildman–Crippen MR) is 459 cm³/mol. The van der Waals surface area contributed by atoms with E-state index in [0.29, 0.717) is 0 Å². The zero-order valence-electron chi connectivity index (χ0n) is 60.3. The minimum atomic E-state index is -0.130. The van der Waals surface area contributed by atoms with E-state index in [2.05, 4.69) is 403 Å². The number of rotatable bonds is 10. The molecule has 16 aromatic carbocycles. The van der Waals surface area contributed by atoms with Crippen LogP contribution >= 0.6 is 0 Å². The molecule has 0 saturated heterocycles. The molecule has 0 radical (unpaired) electrons. The van der Waals surface area contributed by atoms with Crippen molar-refractivity contribution in [2.45, 2.75) is 26.2 Å². The van der Waals surface area contributed by atoms with Crippen LogP contribution in [0.3, 0.4) is 0 Å². The monoisotopic (exact) mass is 1390 g/mol. The fourth-order valence-electron chi connectivity index (χ4n) is 18.3. The predicted octanol–water partition coefficient (Wildman–Crippen LogP) is 23.4. The first kappa shape index (κ1) is 62.6. The van der Waals surface area contributed by atoms with Gasteiger partial charge in [0.05, 0.1) is 22.1 Å². The van der Waals surface area contributed by atoms with Gasteiger partial charge in [-0.3, -0.25) is 0 Å². The van der Waals surface area contributed by atoms with Crippen molar-refractivity contribution in [2.75, 3.05) is 24.5 Å². The number of benzene rings is 16. The van der Waals surface area contributed by atoms with Gasteiger partial charge in [0.15, 0.2) is 0 Å². The third kappa shape index (κ3) is 9.72. The maximum Gasteiger partial charge on any atom is 0.252 e. The SMILES string of the molecule is CC(C)(C)c1ccc(N2c3cc(N(c4ccccc4)c4ccccc4)ccc3B3c4cc(-c5ccc(-c6cccc7c6oc6cccc(N8c9ccccc9B9c%10ccccc%10N(c%10cccc%11oc%12ccccc%12c%10%11)c%10cccc8c%109)c67)cc5)ccc4N(c4ccc(-c5ccccc5)cc4)c4cccc2c43)cc1. The molecule has 9 heteroatoms. The normalized spacial score (nSPS) is 13.2. The average Bonchev–Trinajstić information content (AvgIpc) is 1.02. The highest BCUT2D eigenvalue weighted by atomic mass is 16.3. The smallest absolute Gasteiger partial charge is 0.252 e. The molecule has 7 nitrogen and oxygen atoms in total. The number of anilines is 15. The summed E-state index contributed by atoms with van der Waals surface area (Å²) in [6.07, 6.45) is 0. The van der Waals surface area contributed by atoms with Crippen LogP contribution in [0.15, 0.2) is 373 Å². The van der Waals surface area contributed by atoms with Crippen LogP contribution in [-0.2, 0) is 5.41 Å². The zero-order valence-corrected chi connectivity index (χ0v) is 60.3. The van der Waals surface area contributed by atoms with Gasteiger partial charge in [-0.15, -0.1) is 0 Å². The van der Waals surface area contributed by atoms with Crippen LogP contribution in [0.25, 0.3) is 77.3 Å². The number of fused-ring (bicyclic) bond motifs is 14. The molecule has 4 aliphatic heterocycles. The Morgan fingerprint density at radius 1 is 0.266 bits per heavy atom. The zero-order chi connectivity index (χ0) is 72.2. The molecule has 512 valence electrons. The van der Waals surface area contributed by atoms with E-state index in [1.54, 1.807) is 0 Å². The third-order valence-electron chi connectivity index (χ3n) is 23.2. The summed E-state index contributed by atoms with van der Waals surface area (Å²) in [6, 6.07) is 134. The summed E-state index contributed by atoms with van der Waals surface area (Å²) in [4.78, 5) is 12.4. The van der Waals surface area contributed by atoms with Crippen molar-refractivity contribution in [3.05, 3.63) is 370 Å². The van der Waals surface area contributed by atoms with Gasteiger partial charge in [-0.1, -0.05) is 251 Å². The molecule has 4 aliphatic rings. The largest absolute Gasteiger partial charge is 0.456 e. The molecule has 0 bridgehead atoms. The van der Waals surface area contributed by atoms with Crippen LogP contribution in [0.2, 0.25) is 0 Å². The molecule has 18 aromatic rings.